The van der Waals surface area contributed by atoms with Crippen LogP contribution in [0.1, 0.15) is 26.3 Å². The van der Waals surface area contributed by atoms with Crippen LogP contribution in [-0.4, -0.2) is 57.4 Å². The first-order valence-electron chi connectivity index (χ1n) is 8.30. The Labute approximate surface area is 150 Å². The Morgan fingerprint density at radius 2 is 1.84 bits per heavy atom. The molecule has 0 unspecified atom stereocenters. The number of anilines is 1. The smallest absolute Gasteiger partial charge is 0.410 e. The fourth-order valence-corrected chi connectivity index (χ4v) is 2.98. The van der Waals surface area contributed by atoms with Crippen molar-refractivity contribution in [2.75, 3.05) is 37.3 Å². The lowest BCUT2D eigenvalue weighted by atomic mass is 10.1. The molecule has 0 atom stereocenters. The molecule has 0 spiro atoms. The Balaban J connectivity index is 1.93. The number of rotatable bonds is 4. The van der Waals surface area contributed by atoms with Crippen LogP contribution in [-0.2, 0) is 21.3 Å². The minimum absolute atomic E-state index is 0.268. The van der Waals surface area contributed by atoms with Crippen molar-refractivity contribution >= 4 is 21.8 Å². The molecular weight excluding hydrogens is 342 g/mol. The molecule has 0 bridgehead atoms. The van der Waals surface area contributed by atoms with Crippen molar-refractivity contribution in [3.63, 3.8) is 0 Å². The normalized spacial score (nSPS) is 16.0. The van der Waals surface area contributed by atoms with E-state index < -0.39 is 15.6 Å². The van der Waals surface area contributed by atoms with E-state index >= 15 is 0 Å². The number of carbonyl (C=O) groups excluding carboxylic acids is 1. The largest absolute Gasteiger partial charge is 0.444 e. The van der Waals surface area contributed by atoms with E-state index in [0.717, 1.165) is 17.5 Å². The van der Waals surface area contributed by atoms with Crippen LogP contribution in [0, 0.1) is 0 Å². The molecule has 1 heterocycles. The highest BCUT2D eigenvalue weighted by Gasteiger charge is 2.25. The van der Waals surface area contributed by atoms with E-state index in [1.807, 2.05) is 45.0 Å². The summed E-state index contributed by atoms with van der Waals surface area (Å²) in [6.07, 6.45) is 0.866. The van der Waals surface area contributed by atoms with Gasteiger partial charge in [-0.1, -0.05) is 12.1 Å². The standard InChI is InChI=1S/C17H27N3O4S/c1-17(2,3)24-16(21)20-10-8-19(9-11-20)15-7-5-6-14(12-15)13-18-25(4,22)23/h5-7,12,18H,8-11,13H2,1-4H3. The summed E-state index contributed by atoms with van der Waals surface area (Å²) in [5.74, 6) is 0. The summed E-state index contributed by atoms with van der Waals surface area (Å²) in [5, 5.41) is 0. The van der Waals surface area contributed by atoms with Crippen molar-refractivity contribution < 1.29 is 17.9 Å². The predicted molar refractivity (Wildman–Crippen MR) is 98.1 cm³/mol. The number of piperazine rings is 1. The van der Waals surface area contributed by atoms with Gasteiger partial charge in [0.25, 0.3) is 0 Å². The summed E-state index contributed by atoms with van der Waals surface area (Å²) in [7, 11) is -3.21. The summed E-state index contributed by atoms with van der Waals surface area (Å²) >= 11 is 0. The van der Waals surface area contributed by atoms with E-state index in [1.54, 1.807) is 4.90 Å². The van der Waals surface area contributed by atoms with Gasteiger partial charge in [0.2, 0.25) is 10.0 Å². The Bertz CT molecular complexity index is 705. The molecule has 1 N–H and O–H groups in total. The molecule has 2 rings (SSSR count). The number of amides is 1. The van der Waals surface area contributed by atoms with Gasteiger partial charge in [-0.05, 0) is 38.5 Å². The van der Waals surface area contributed by atoms with Crippen LogP contribution in [0.2, 0.25) is 0 Å². The number of nitrogens with zero attached hydrogens (tertiary/aromatic N) is 2. The molecule has 1 aliphatic heterocycles. The Kier molecular flexibility index (Phi) is 5.95. The van der Waals surface area contributed by atoms with Crippen LogP contribution in [0.15, 0.2) is 24.3 Å². The maximum atomic E-state index is 12.1. The fourth-order valence-electron chi connectivity index (χ4n) is 2.55. The van der Waals surface area contributed by atoms with Gasteiger partial charge in [0.1, 0.15) is 5.60 Å². The van der Waals surface area contributed by atoms with Crippen LogP contribution < -0.4 is 9.62 Å². The SMILES string of the molecule is CC(C)(C)OC(=O)N1CCN(c2cccc(CNS(C)(=O)=O)c2)CC1. The van der Waals surface area contributed by atoms with E-state index in [-0.39, 0.29) is 12.6 Å². The second-order valence-corrected chi connectivity index (χ2v) is 9.05. The van der Waals surface area contributed by atoms with Gasteiger partial charge in [0.15, 0.2) is 0 Å². The van der Waals surface area contributed by atoms with Gasteiger partial charge in [-0.25, -0.2) is 17.9 Å². The second-order valence-electron chi connectivity index (χ2n) is 7.22. The van der Waals surface area contributed by atoms with Gasteiger partial charge in [-0.15, -0.1) is 0 Å². The summed E-state index contributed by atoms with van der Waals surface area (Å²) < 4.78 is 30.3. The number of hydrogen-bond acceptors (Lipinski definition) is 5. The molecule has 0 aromatic heterocycles. The van der Waals surface area contributed by atoms with E-state index in [4.69, 9.17) is 4.74 Å². The average Bonchev–Trinajstić information content (AvgIpc) is 2.51. The molecule has 1 aliphatic rings. The zero-order valence-corrected chi connectivity index (χ0v) is 16.1. The lowest BCUT2D eigenvalue weighted by Crippen LogP contribution is -2.50. The van der Waals surface area contributed by atoms with Crippen molar-refractivity contribution in [2.24, 2.45) is 0 Å². The topological polar surface area (TPSA) is 79.0 Å². The van der Waals surface area contributed by atoms with Crippen molar-refractivity contribution in [3.05, 3.63) is 29.8 Å². The van der Waals surface area contributed by atoms with Gasteiger partial charge >= 0.3 is 6.09 Å². The zero-order valence-electron chi connectivity index (χ0n) is 15.3. The fraction of sp³-hybridized carbons (Fsp3) is 0.588. The van der Waals surface area contributed by atoms with Gasteiger partial charge in [0.05, 0.1) is 6.26 Å². The highest BCUT2D eigenvalue weighted by molar-refractivity contribution is 7.88. The van der Waals surface area contributed by atoms with Crippen LogP contribution >= 0.6 is 0 Å². The predicted octanol–water partition coefficient (Wildman–Crippen LogP) is 1.79. The van der Waals surface area contributed by atoms with Gasteiger partial charge in [-0.3, -0.25) is 0 Å². The third kappa shape index (κ3) is 6.55. The van der Waals surface area contributed by atoms with Crippen LogP contribution in [0.4, 0.5) is 10.5 Å². The number of benzene rings is 1. The molecule has 7 nitrogen and oxygen atoms in total. The third-order valence-electron chi connectivity index (χ3n) is 3.75. The van der Waals surface area contributed by atoms with Crippen molar-refractivity contribution in [2.45, 2.75) is 32.9 Å². The van der Waals surface area contributed by atoms with Crippen LogP contribution in [0.3, 0.4) is 0 Å². The number of hydrogen-bond donors (Lipinski definition) is 1. The number of sulfonamides is 1. The molecule has 1 aromatic rings. The number of nitrogens with one attached hydrogen (secondary N) is 1. The summed E-state index contributed by atoms with van der Waals surface area (Å²) in [4.78, 5) is 16.0. The number of carbonyl (C=O) groups is 1. The minimum Gasteiger partial charge on any atom is -0.444 e. The minimum atomic E-state index is -3.21. The highest BCUT2D eigenvalue weighted by atomic mass is 32.2. The first-order valence-corrected chi connectivity index (χ1v) is 10.2. The van der Waals surface area contributed by atoms with Crippen molar-refractivity contribution in [1.29, 1.82) is 0 Å². The first-order chi connectivity index (χ1) is 11.5. The number of ether oxygens (including phenoxy) is 1. The Hall–Kier alpha value is -1.80. The maximum absolute atomic E-state index is 12.1. The Morgan fingerprint density at radius 1 is 1.20 bits per heavy atom. The van der Waals surface area contributed by atoms with Crippen molar-refractivity contribution in [3.8, 4) is 0 Å². The molecule has 8 heteroatoms. The van der Waals surface area contributed by atoms with Crippen molar-refractivity contribution in [1.82, 2.24) is 9.62 Å². The maximum Gasteiger partial charge on any atom is 0.410 e. The average molecular weight is 369 g/mol. The third-order valence-corrected chi connectivity index (χ3v) is 4.41. The zero-order chi connectivity index (χ0) is 18.7. The molecule has 0 aliphatic carbocycles. The van der Waals surface area contributed by atoms with Crippen LogP contribution in [0.5, 0.6) is 0 Å². The van der Waals surface area contributed by atoms with E-state index in [9.17, 15) is 13.2 Å². The lowest BCUT2D eigenvalue weighted by Gasteiger charge is -2.36. The monoisotopic (exact) mass is 369 g/mol. The molecule has 1 fully saturated rings. The summed E-state index contributed by atoms with van der Waals surface area (Å²) in [6.45, 7) is 8.46. The molecule has 0 radical (unpaired) electrons. The van der Waals surface area contributed by atoms with E-state index in [1.165, 1.54) is 0 Å². The summed E-state index contributed by atoms with van der Waals surface area (Å²) in [6, 6.07) is 7.77. The van der Waals surface area contributed by atoms with E-state index in [2.05, 4.69) is 9.62 Å². The Morgan fingerprint density at radius 3 is 2.40 bits per heavy atom. The summed E-state index contributed by atoms with van der Waals surface area (Å²) in [5.41, 5.74) is 1.43. The molecular formula is C17H27N3O4S. The molecule has 140 valence electrons. The molecule has 1 saturated heterocycles. The highest BCUT2D eigenvalue weighted by Crippen LogP contribution is 2.19. The van der Waals surface area contributed by atoms with Gasteiger partial charge in [-0.2, -0.15) is 0 Å². The molecule has 0 saturated carbocycles. The van der Waals surface area contributed by atoms with Gasteiger partial charge in [0, 0.05) is 38.4 Å². The van der Waals surface area contributed by atoms with Gasteiger partial charge < -0.3 is 14.5 Å². The first kappa shape index (κ1) is 19.5. The van der Waals surface area contributed by atoms with Crippen LogP contribution in [0.25, 0.3) is 0 Å². The van der Waals surface area contributed by atoms with E-state index in [0.29, 0.717) is 26.2 Å². The second kappa shape index (κ2) is 7.61. The molecule has 1 amide bonds. The lowest BCUT2D eigenvalue weighted by molar-refractivity contribution is 0.0240. The molecule has 1 aromatic carbocycles. The quantitative estimate of drug-likeness (QED) is 0.875. The molecule has 25 heavy (non-hydrogen) atoms.